The van der Waals surface area contributed by atoms with Gasteiger partial charge in [0.1, 0.15) is 0 Å². The van der Waals surface area contributed by atoms with Gasteiger partial charge < -0.3 is 12.0 Å². The molecule has 0 aromatic rings. The number of carboxylic acids is 1. The monoisotopic (exact) mass is 266 g/mol. The van der Waals surface area contributed by atoms with Crippen molar-refractivity contribution in [1.29, 1.82) is 0 Å². The second-order valence-electron chi connectivity index (χ2n) is 4.43. The molecule has 0 aliphatic rings. The molecule has 0 radical (unpaired) electrons. The molecule has 0 saturated heterocycles. The Bertz CT molecular complexity index is 139. The standard InChI is InChI=1S/C12H25.C3H6O2.Na/c1-3-5-7-9-11-12-10-8-6-4-2;1-2-3(4)5;/h1,3-12H2,2H3;2H2,1H3,(H,4,5);/q-1;;+1. The van der Waals surface area contributed by atoms with Crippen molar-refractivity contribution < 1.29 is 39.5 Å². The fraction of sp³-hybridized carbons (Fsp3) is 0.867. The van der Waals surface area contributed by atoms with Crippen molar-refractivity contribution >= 4 is 5.97 Å². The van der Waals surface area contributed by atoms with Gasteiger partial charge in [0.25, 0.3) is 0 Å². The van der Waals surface area contributed by atoms with Crippen molar-refractivity contribution in [2.24, 2.45) is 0 Å². The van der Waals surface area contributed by atoms with Crippen LogP contribution in [0.1, 0.15) is 84.5 Å². The molecule has 0 spiro atoms. The molecule has 104 valence electrons. The summed E-state index contributed by atoms with van der Waals surface area (Å²) in [5, 5.41) is 7.72. The van der Waals surface area contributed by atoms with E-state index >= 15 is 0 Å². The van der Waals surface area contributed by atoms with Gasteiger partial charge in [-0.05, 0) is 0 Å². The summed E-state index contributed by atoms with van der Waals surface area (Å²) in [6.45, 7) is 7.72. The Labute approximate surface area is 136 Å². The van der Waals surface area contributed by atoms with Crippen LogP contribution in [0, 0.1) is 6.92 Å². The Balaban J connectivity index is -0.000000321. The molecule has 0 rings (SSSR count). The third-order valence-corrected chi connectivity index (χ3v) is 2.66. The van der Waals surface area contributed by atoms with Gasteiger partial charge in [0.2, 0.25) is 0 Å². The summed E-state index contributed by atoms with van der Waals surface area (Å²) in [6, 6.07) is 0. The number of aliphatic carboxylic acids is 1. The molecule has 0 fully saturated rings. The van der Waals surface area contributed by atoms with Crippen molar-refractivity contribution in [1.82, 2.24) is 0 Å². The van der Waals surface area contributed by atoms with E-state index in [-0.39, 0.29) is 36.0 Å². The van der Waals surface area contributed by atoms with E-state index in [1.54, 1.807) is 6.92 Å². The summed E-state index contributed by atoms with van der Waals surface area (Å²) < 4.78 is 0. The minimum Gasteiger partial charge on any atom is -0.481 e. The van der Waals surface area contributed by atoms with Gasteiger partial charge in [-0.3, -0.25) is 4.79 Å². The first-order valence-electron chi connectivity index (χ1n) is 7.20. The summed E-state index contributed by atoms with van der Waals surface area (Å²) >= 11 is 0. The average molecular weight is 266 g/mol. The smallest absolute Gasteiger partial charge is 0.481 e. The minimum atomic E-state index is -0.745. The molecule has 0 bridgehead atoms. The summed E-state index contributed by atoms with van der Waals surface area (Å²) in [7, 11) is 0. The fourth-order valence-electron chi connectivity index (χ4n) is 1.49. The van der Waals surface area contributed by atoms with Crippen LogP contribution >= 0.6 is 0 Å². The number of unbranched alkanes of at least 4 members (excludes halogenated alkanes) is 9. The Kier molecular flexibility index (Phi) is 29.6. The topological polar surface area (TPSA) is 37.3 Å². The normalized spacial score (nSPS) is 9.06. The zero-order valence-electron chi connectivity index (χ0n) is 12.8. The fourth-order valence-corrected chi connectivity index (χ4v) is 1.49. The van der Waals surface area contributed by atoms with Crippen molar-refractivity contribution in [2.45, 2.75) is 84.5 Å². The molecule has 0 aromatic carbocycles. The van der Waals surface area contributed by atoms with Gasteiger partial charge in [-0.15, -0.1) is 0 Å². The van der Waals surface area contributed by atoms with Crippen LogP contribution < -0.4 is 29.6 Å². The molecule has 0 atom stereocenters. The average Bonchev–Trinajstić information content (AvgIpc) is 2.33. The first kappa shape index (κ1) is 23.6. The van der Waals surface area contributed by atoms with Crippen LogP contribution in [-0.2, 0) is 4.79 Å². The molecule has 0 saturated carbocycles. The van der Waals surface area contributed by atoms with Crippen LogP contribution in [0.2, 0.25) is 0 Å². The summed E-state index contributed by atoms with van der Waals surface area (Å²) in [4.78, 5) is 9.37. The minimum absolute atomic E-state index is 0. The summed E-state index contributed by atoms with van der Waals surface area (Å²) in [6.07, 6.45) is 14.1. The van der Waals surface area contributed by atoms with Gasteiger partial charge in [-0.25, -0.2) is 0 Å². The summed E-state index contributed by atoms with van der Waals surface area (Å²) in [5.74, 6) is -0.745. The molecule has 3 heteroatoms. The second-order valence-corrected chi connectivity index (χ2v) is 4.43. The molecular weight excluding hydrogens is 235 g/mol. The number of carbonyl (C=O) groups is 1. The number of hydrogen-bond acceptors (Lipinski definition) is 1. The van der Waals surface area contributed by atoms with E-state index in [9.17, 15) is 4.79 Å². The van der Waals surface area contributed by atoms with E-state index in [0.717, 1.165) is 6.42 Å². The van der Waals surface area contributed by atoms with Crippen molar-refractivity contribution in [2.75, 3.05) is 0 Å². The molecule has 0 amide bonds. The second kappa shape index (κ2) is 22.6. The maximum absolute atomic E-state index is 9.37. The third kappa shape index (κ3) is 30.0. The Hall–Kier alpha value is 0.470. The number of rotatable bonds is 10. The van der Waals surface area contributed by atoms with E-state index in [4.69, 9.17) is 5.11 Å². The van der Waals surface area contributed by atoms with Crippen LogP contribution in [0.4, 0.5) is 0 Å². The van der Waals surface area contributed by atoms with Crippen LogP contribution in [-0.4, -0.2) is 11.1 Å². The van der Waals surface area contributed by atoms with E-state index in [1.165, 1.54) is 57.8 Å². The van der Waals surface area contributed by atoms with Crippen molar-refractivity contribution in [3.8, 4) is 0 Å². The van der Waals surface area contributed by atoms with Crippen LogP contribution in [0.25, 0.3) is 0 Å². The van der Waals surface area contributed by atoms with Crippen LogP contribution in [0.3, 0.4) is 0 Å². The Morgan fingerprint density at radius 2 is 1.22 bits per heavy atom. The molecule has 0 aliphatic carbocycles. The van der Waals surface area contributed by atoms with Gasteiger partial charge in [0.05, 0.1) is 0 Å². The van der Waals surface area contributed by atoms with E-state index < -0.39 is 5.97 Å². The van der Waals surface area contributed by atoms with Gasteiger partial charge in [0, 0.05) is 6.42 Å². The Morgan fingerprint density at radius 3 is 1.50 bits per heavy atom. The summed E-state index contributed by atoms with van der Waals surface area (Å²) in [5.41, 5.74) is 0. The molecule has 0 heterocycles. The van der Waals surface area contributed by atoms with Crippen LogP contribution in [0.5, 0.6) is 0 Å². The maximum Gasteiger partial charge on any atom is 1.00 e. The zero-order chi connectivity index (χ0) is 13.4. The predicted octanol–water partition coefficient (Wildman–Crippen LogP) is 2.23. The first-order valence-corrected chi connectivity index (χ1v) is 7.20. The number of carboxylic acid groups (broad SMARTS) is 1. The largest absolute Gasteiger partial charge is 1.00 e. The van der Waals surface area contributed by atoms with Gasteiger partial charge >= 0.3 is 35.5 Å². The van der Waals surface area contributed by atoms with Gasteiger partial charge in [0.15, 0.2) is 0 Å². The van der Waals surface area contributed by atoms with E-state index in [1.807, 2.05) is 0 Å². The molecule has 0 aromatic heterocycles. The van der Waals surface area contributed by atoms with Crippen molar-refractivity contribution in [3.63, 3.8) is 0 Å². The quantitative estimate of drug-likeness (QED) is 0.374. The Morgan fingerprint density at radius 1 is 0.889 bits per heavy atom. The number of hydrogen-bond donors (Lipinski definition) is 1. The van der Waals surface area contributed by atoms with E-state index in [0.29, 0.717) is 0 Å². The van der Waals surface area contributed by atoms with E-state index in [2.05, 4.69) is 13.8 Å². The molecule has 0 unspecified atom stereocenters. The predicted molar refractivity (Wildman–Crippen MR) is 75.1 cm³/mol. The van der Waals surface area contributed by atoms with Gasteiger partial charge in [-0.2, -0.15) is 6.42 Å². The SMILES string of the molecule is CCC(=O)O.[CH2-]CCCCCCCCCCC.[Na+]. The van der Waals surface area contributed by atoms with Crippen molar-refractivity contribution in [3.05, 3.63) is 6.92 Å². The molecule has 2 nitrogen and oxygen atoms in total. The third-order valence-electron chi connectivity index (χ3n) is 2.66. The zero-order valence-corrected chi connectivity index (χ0v) is 14.8. The maximum atomic E-state index is 9.37. The van der Waals surface area contributed by atoms with Crippen LogP contribution in [0.15, 0.2) is 0 Å². The molecule has 18 heavy (non-hydrogen) atoms. The first-order chi connectivity index (χ1) is 8.18. The van der Waals surface area contributed by atoms with Gasteiger partial charge in [-0.1, -0.05) is 71.6 Å². The molecular formula is C15H31NaO2. The molecule has 1 N–H and O–H groups in total. The molecule has 0 aliphatic heterocycles.